The van der Waals surface area contributed by atoms with E-state index in [0.29, 0.717) is 16.9 Å². The minimum absolute atomic E-state index is 0.0218. The fourth-order valence-electron chi connectivity index (χ4n) is 1.60. The van der Waals surface area contributed by atoms with E-state index in [0.717, 1.165) is 12.5 Å². The predicted octanol–water partition coefficient (Wildman–Crippen LogP) is 1.42. The van der Waals surface area contributed by atoms with Crippen molar-refractivity contribution >= 4 is 37.8 Å². The van der Waals surface area contributed by atoms with Crippen LogP contribution in [0, 0.1) is 5.92 Å². The summed E-state index contributed by atoms with van der Waals surface area (Å²) in [5.74, 6) is -0.783. The summed E-state index contributed by atoms with van der Waals surface area (Å²) in [6, 6.07) is 3.73. The summed E-state index contributed by atoms with van der Waals surface area (Å²) >= 11 is 3.13. The van der Waals surface area contributed by atoms with Crippen LogP contribution in [0.15, 0.2) is 27.6 Å². The van der Waals surface area contributed by atoms with Gasteiger partial charge in [0.2, 0.25) is 10.0 Å². The molecule has 1 aromatic carbocycles. The summed E-state index contributed by atoms with van der Waals surface area (Å²) in [4.78, 5) is 23.3. The lowest BCUT2D eigenvalue weighted by Crippen LogP contribution is -2.30. The number of ether oxygens (including phenoxy) is 1. The maximum atomic E-state index is 12.0. The molecule has 0 unspecified atom stereocenters. The van der Waals surface area contributed by atoms with Crippen LogP contribution in [0.4, 0.5) is 0 Å². The van der Waals surface area contributed by atoms with Crippen LogP contribution in [-0.2, 0) is 19.6 Å². The summed E-state index contributed by atoms with van der Waals surface area (Å²) in [7, 11) is -3.93. The third-order valence-corrected chi connectivity index (χ3v) is 4.47. The zero-order valence-electron chi connectivity index (χ0n) is 12.8. The number of hydrogen-bond acceptors (Lipinski definition) is 5. The number of carbonyl (C=O) groups excluding carboxylic acids is 2. The van der Waals surface area contributed by atoms with E-state index >= 15 is 0 Å². The standard InChI is InChI=1S/C14H19BrN2O5S/c1-9(2)5-6-17-13(18)8-22-14(19)11-7-10(23(16,20)21)3-4-12(11)15/h3-4,7,9H,5-6,8H2,1-2H3,(H,17,18)(H2,16,20,21). The molecule has 0 aromatic heterocycles. The van der Waals surface area contributed by atoms with Crippen LogP contribution in [0.5, 0.6) is 0 Å². The molecule has 0 atom stereocenters. The fraction of sp³-hybridized carbons (Fsp3) is 0.429. The topological polar surface area (TPSA) is 116 Å². The molecule has 1 rings (SSSR count). The Morgan fingerprint density at radius 1 is 1.35 bits per heavy atom. The first-order chi connectivity index (χ1) is 10.6. The van der Waals surface area contributed by atoms with Gasteiger partial charge in [-0.25, -0.2) is 18.4 Å². The van der Waals surface area contributed by atoms with Gasteiger partial charge in [0.05, 0.1) is 10.5 Å². The molecule has 0 heterocycles. The number of nitrogens with two attached hydrogens (primary N) is 1. The molecular weight excluding hydrogens is 388 g/mol. The number of rotatable bonds is 7. The van der Waals surface area contributed by atoms with E-state index in [-0.39, 0.29) is 10.5 Å². The second-order valence-corrected chi connectivity index (χ2v) is 7.71. The largest absolute Gasteiger partial charge is 0.452 e. The van der Waals surface area contributed by atoms with E-state index in [2.05, 4.69) is 21.2 Å². The Labute approximate surface area is 143 Å². The molecule has 7 nitrogen and oxygen atoms in total. The Bertz CT molecular complexity index is 688. The van der Waals surface area contributed by atoms with Crippen LogP contribution in [0.3, 0.4) is 0 Å². The van der Waals surface area contributed by atoms with Crippen LogP contribution >= 0.6 is 15.9 Å². The molecule has 0 fully saturated rings. The van der Waals surface area contributed by atoms with Crippen molar-refractivity contribution in [2.45, 2.75) is 25.2 Å². The van der Waals surface area contributed by atoms with Gasteiger partial charge in [0.15, 0.2) is 6.61 Å². The minimum Gasteiger partial charge on any atom is -0.452 e. The maximum Gasteiger partial charge on any atom is 0.339 e. The first-order valence-electron chi connectivity index (χ1n) is 6.87. The van der Waals surface area contributed by atoms with E-state index in [1.54, 1.807) is 0 Å². The highest BCUT2D eigenvalue weighted by molar-refractivity contribution is 9.10. The van der Waals surface area contributed by atoms with Gasteiger partial charge in [-0.3, -0.25) is 4.79 Å². The van der Waals surface area contributed by atoms with Crippen LogP contribution < -0.4 is 10.5 Å². The lowest BCUT2D eigenvalue weighted by atomic mass is 10.1. The second kappa shape index (κ2) is 8.42. The highest BCUT2D eigenvalue weighted by atomic mass is 79.9. The lowest BCUT2D eigenvalue weighted by Gasteiger charge is -2.09. The van der Waals surface area contributed by atoms with Crippen LogP contribution in [0.2, 0.25) is 0 Å². The van der Waals surface area contributed by atoms with Gasteiger partial charge in [-0.2, -0.15) is 0 Å². The number of carbonyl (C=O) groups is 2. The molecule has 0 aliphatic heterocycles. The SMILES string of the molecule is CC(C)CCNC(=O)COC(=O)c1cc(S(N)(=O)=O)ccc1Br. The average molecular weight is 407 g/mol. The third kappa shape index (κ3) is 6.67. The molecule has 128 valence electrons. The summed E-state index contributed by atoms with van der Waals surface area (Å²) in [5.41, 5.74) is -0.0218. The van der Waals surface area contributed by atoms with E-state index in [1.165, 1.54) is 12.1 Å². The van der Waals surface area contributed by atoms with Crippen molar-refractivity contribution < 1.29 is 22.7 Å². The number of halogens is 1. The number of sulfonamides is 1. The summed E-state index contributed by atoms with van der Waals surface area (Å²) in [5, 5.41) is 7.65. The van der Waals surface area contributed by atoms with Crippen molar-refractivity contribution in [1.82, 2.24) is 5.32 Å². The summed E-state index contributed by atoms with van der Waals surface area (Å²) in [6.45, 7) is 4.12. The van der Waals surface area contributed by atoms with Crippen molar-refractivity contribution in [1.29, 1.82) is 0 Å². The predicted molar refractivity (Wildman–Crippen MR) is 88.3 cm³/mol. The second-order valence-electron chi connectivity index (χ2n) is 5.30. The van der Waals surface area contributed by atoms with Crippen molar-refractivity contribution in [3.63, 3.8) is 0 Å². The molecule has 1 aromatic rings. The van der Waals surface area contributed by atoms with Crippen molar-refractivity contribution in [3.8, 4) is 0 Å². The van der Waals surface area contributed by atoms with Gasteiger partial charge < -0.3 is 10.1 Å². The van der Waals surface area contributed by atoms with Gasteiger partial charge in [0.1, 0.15) is 0 Å². The quantitative estimate of drug-likeness (QED) is 0.664. The van der Waals surface area contributed by atoms with Crippen LogP contribution in [0.1, 0.15) is 30.6 Å². The number of nitrogens with one attached hydrogen (secondary N) is 1. The molecule has 1 amide bonds. The zero-order chi connectivity index (χ0) is 17.6. The molecule has 9 heteroatoms. The average Bonchev–Trinajstić information content (AvgIpc) is 2.43. The van der Waals surface area contributed by atoms with Crippen LogP contribution in [0.25, 0.3) is 0 Å². The first kappa shape index (κ1) is 19.6. The van der Waals surface area contributed by atoms with Crippen molar-refractivity contribution in [2.75, 3.05) is 13.2 Å². The molecule has 0 radical (unpaired) electrons. The van der Waals surface area contributed by atoms with E-state index in [9.17, 15) is 18.0 Å². The Morgan fingerprint density at radius 2 is 2.00 bits per heavy atom. The Morgan fingerprint density at radius 3 is 2.57 bits per heavy atom. The first-order valence-corrected chi connectivity index (χ1v) is 9.21. The third-order valence-electron chi connectivity index (χ3n) is 2.86. The lowest BCUT2D eigenvalue weighted by molar-refractivity contribution is -0.124. The number of primary sulfonamides is 1. The smallest absolute Gasteiger partial charge is 0.339 e. The fourth-order valence-corrected chi connectivity index (χ4v) is 2.55. The Balaban J connectivity index is 2.66. The molecular formula is C14H19BrN2O5S. The molecule has 0 saturated heterocycles. The van der Waals surface area contributed by atoms with Crippen LogP contribution in [-0.4, -0.2) is 33.4 Å². The van der Waals surface area contributed by atoms with E-state index < -0.39 is 28.5 Å². The number of amides is 1. The maximum absolute atomic E-state index is 12.0. The number of hydrogen-bond donors (Lipinski definition) is 2. The molecule has 0 bridgehead atoms. The number of esters is 1. The van der Waals surface area contributed by atoms with Gasteiger partial charge in [-0.1, -0.05) is 13.8 Å². The van der Waals surface area contributed by atoms with Crippen molar-refractivity contribution in [3.05, 3.63) is 28.2 Å². The molecule has 0 spiro atoms. The van der Waals surface area contributed by atoms with Gasteiger partial charge in [-0.15, -0.1) is 0 Å². The zero-order valence-corrected chi connectivity index (χ0v) is 15.2. The Kier molecular flexibility index (Phi) is 7.17. The van der Waals surface area contributed by atoms with Gasteiger partial charge >= 0.3 is 5.97 Å². The monoisotopic (exact) mass is 406 g/mol. The van der Waals surface area contributed by atoms with Gasteiger partial charge in [-0.05, 0) is 46.5 Å². The molecule has 0 aliphatic carbocycles. The van der Waals surface area contributed by atoms with Gasteiger partial charge in [0.25, 0.3) is 5.91 Å². The Hall–Kier alpha value is -1.45. The summed E-state index contributed by atoms with van der Waals surface area (Å²) in [6.07, 6.45) is 0.821. The normalized spacial score (nSPS) is 11.3. The van der Waals surface area contributed by atoms with Gasteiger partial charge in [0, 0.05) is 11.0 Å². The van der Waals surface area contributed by atoms with Crippen molar-refractivity contribution in [2.24, 2.45) is 11.1 Å². The highest BCUT2D eigenvalue weighted by Crippen LogP contribution is 2.21. The highest BCUT2D eigenvalue weighted by Gasteiger charge is 2.17. The van der Waals surface area contributed by atoms with E-state index in [1.807, 2.05) is 13.8 Å². The van der Waals surface area contributed by atoms with E-state index in [4.69, 9.17) is 9.88 Å². The molecule has 3 N–H and O–H groups in total. The number of benzene rings is 1. The molecule has 23 heavy (non-hydrogen) atoms. The molecule has 0 saturated carbocycles. The summed E-state index contributed by atoms with van der Waals surface area (Å²) < 4.78 is 27.8. The minimum atomic E-state index is -3.93. The molecule has 0 aliphatic rings.